The standard InChI is InChI=1S/C24H27N3O4/c1-3-28-21-6-4-5-17-19-14-18(16-7-8-20-22(13-16)30-15-29-20)25-27(19)24(31-23(17)21)9-11-26(2)12-10-24/h4-8,13,19H,3,9-12,14-15H2,1-2H3/t19-/m0/s1. The summed E-state index contributed by atoms with van der Waals surface area (Å²) in [5.74, 6) is 3.29. The number of nitrogens with zero attached hydrogens (tertiary/aromatic N) is 3. The highest BCUT2D eigenvalue weighted by Gasteiger charge is 2.52. The third kappa shape index (κ3) is 2.94. The summed E-state index contributed by atoms with van der Waals surface area (Å²) >= 11 is 0. The Morgan fingerprint density at radius 3 is 2.81 bits per heavy atom. The van der Waals surface area contributed by atoms with E-state index in [0.29, 0.717) is 6.61 Å². The topological polar surface area (TPSA) is 55.8 Å². The Bertz CT molecular complexity index is 1050. The summed E-state index contributed by atoms with van der Waals surface area (Å²) in [7, 11) is 2.16. The summed E-state index contributed by atoms with van der Waals surface area (Å²) in [6.07, 6.45) is 2.62. The number of hydrazone groups is 1. The molecule has 2 aromatic rings. The lowest BCUT2D eigenvalue weighted by atomic mass is 9.90. The Kier molecular flexibility index (Phi) is 4.28. The van der Waals surface area contributed by atoms with Gasteiger partial charge in [-0.2, -0.15) is 5.10 Å². The van der Waals surface area contributed by atoms with Crippen molar-refractivity contribution < 1.29 is 18.9 Å². The number of para-hydroxylation sites is 1. The van der Waals surface area contributed by atoms with Gasteiger partial charge >= 0.3 is 0 Å². The molecule has 1 saturated heterocycles. The SMILES string of the molecule is CCOc1cccc2c1OC1(CCN(C)CC1)N1N=C(c3ccc4c(c3)OCO4)C[C@@H]21. The summed E-state index contributed by atoms with van der Waals surface area (Å²) in [6, 6.07) is 12.4. The van der Waals surface area contributed by atoms with Crippen LogP contribution in [0.2, 0.25) is 0 Å². The van der Waals surface area contributed by atoms with Gasteiger partial charge in [0.1, 0.15) is 0 Å². The van der Waals surface area contributed by atoms with Crippen molar-refractivity contribution >= 4 is 5.71 Å². The average molecular weight is 421 g/mol. The highest BCUT2D eigenvalue weighted by molar-refractivity contribution is 6.02. The van der Waals surface area contributed by atoms with E-state index < -0.39 is 5.72 Å². The van der Waals surface area contributed by atoms with Crippen LogP contribution in [0.4, 0.5) is 0 Å². The van der Waals surface area contributed by atoms with Crippen molar-refractivity contribution in [3.05, 3.63) is 47.5 Å². The molecule has 0 unspecified atom stereocenters. The monoisotopic (exact) mass is 421 g/mol. The molecule has 0 aliphatic carbocycles. The van der Waals surface area contributed by atoms with E-state index in [-0.39, 0.29) is 12.8 Å². The van der Waals surface area contributed by atoms with Crippen molar-refractivity contribution in [2.45, 2.75) is 38.0 Å². The number of rotatable bonds is 3. The molecule has 31 heavy (non-hydrogen) atoms. The minimum Gasteiger partial charge on any atom is -0.490 e. The molecule has 0 aromatic heterocycles. The Morgan fingerprint density at radius 2 is 1.97 bits per heavy atom. The fourth-order valence-corrected chi connectivity index (χ4v) is 5.09. The van der Waals surface area contributed by atoms with Gasteiger partial charge in [0.25, 0.3) is 0 Å². The van der Waals surface area contributed by atoms with Crippen LogP contribution in [0.15, 0.2) is 41.5 Å². The number of hydrogen-bond acceptors (Lipinski definition) is 7. The maximum atomic E-state index is 6.79. The molecule has 0 N–H and O–H groups in total. The predicted molar refractivity (Wildman–Crippen MR) is 116 cm³/mol. The largest absolute Gasteiger partial charge is 0.490 e. The van der Waals surface area contributed by atoms with Crippen molar-refractivity contribution in [1.29, 1.82) is 0 Å². The van der Waals surface area contributed by atoms with Crippen LogP contribution in [0.5, 0.6) is 23.0 Å². The summed E-state index contributed by atoms with van der Waals surface area (Å²) in [6.45, 7) is 4.85. The van der Waals surface area contributed by atoms with E-state index in [1.54, 1.807) is 0 Å². The maximum Gasteiger partial charge on any atom is 0.231 e. The number of fused-ring (bicyclic) bond motifs is 5. The van der Waals surface area contributed by atoms with E-state index in [1.165, 1.54) is 0 Å². The molecule has 4 aliphatic rings. The van der Waals surface area contributed by atoms with Crippen LogP contribution in [-0.4, -0.2) is 54.9 Å². The zero-order valence-electron chi connectivity index (χ0n) is 18.0. The molecule has 4 heterocycles. The zero-order valence-corrected chi connectivity index (χ0v) is 18.0. The number of hydrogen-bond donors (Lipinski definition) is 0. The van der Waals surface area contributed by atoms with Crippen molar-refractivity contribution in [3.8, 4) is 23.0 Å². The van der Waals surface area contributed by atoms with Crippen LogP contribution < -0.4 is 18.9 Å². The molecule has 1 fully saturated rings. The van der Waals surface area contributed by atoms with E-state index in [1.807, 2.05) is 25.1 Å². The second-order valence-corrected chi connectivity index (χ2v) is 8.64. The molecule has 0 saturated carbocycles. The number of likely N-dealkylation sites (tertiary alicyclic amines) is 1. The fourth-order valence-electron chi connectivity index (χ4n) is 5.09. The Morgan fingerprint density at radius 1 is 1.13 bits per heavy atom. The third-order valence-electron chi connectivity index (χ3n) is 6.76. The van der Waals surface area contributed by atoms with Crippen LogP contribution in [0, 0.1) is 0 Å². The third-order valence-corrected chi connectivity index (χ3v) is 6.76. The van der Waals surface area contributed by atoms with E-state index in [0.717, 1.165) is 72.2 Å². The van der Waals surface area contributed by atoms with E-state index in [9.17, 15) is 0 Å². The van der Waals surface area contributed by atoms with Gasteiger partial charge in [-0.25, -0.2) is 5.01 Å². The van der Waals surface area contributed by atoms with Crippen LogP contribution in [0.3, 0.4) is 0 Å². The van der Waals surface area contributed by atoms with Crippen molar-refractivity contribution in [3.63, 3.8) is 0 Å². The van der Waals surface area contributed by atoms with Gasteiger partial charge in [0.15, 0.2) is 23.0 Å². The van der Waals surface area contributed by atoms with Gasteiger partial charge in [0.05, 0.1) is 18.4 Å². The molecule has 1 spiro atoms. The normalized spacial score (nSPS) is 23.2. The zero-order chi connectivity index (χ0) is 21.0. The van der Waals surface area contributed by atoms with Crippen LogP contribution in [-0.2, 0) is 0 Å². The lowest BCUT2D eigenvalue weighted by Crippen LogP contribution is -2.58. The van der Waals surface area contributed by atoms with Gasteiger partial charge in [0.2, 0.25) is 12.5 Å². The number of benzene rings is 2. The first-order valence-corrected chi connectivity index (χ1v) is 11.1. The summed E-state index contributed by atoms with van der Waals surface area (Å²) in [5.41, 5.74) is 2.83. The molecule has 0 radical (unpaired) electrons. The number of ether oxygens (including phenoxy) is 4. The predicted octanol–water partition coefficient (Wildman–Crippen LogP) is 3.78. The molecule has 6 rings (SSSR count). The molecular formula is C24H27N3O4. The first kappa shape index (κ1) is 18.8. The molecular weight excluding hydrogens is 394 g/mol. The number of piperidine rings is 1. The van der Waals surface area contributed by atoms with E-state index in [2.05, 4.69) is 35.2 Å². The molecule has 1 atom stereocenters. The molecule has 4 aliphatic heterocycles. The smallest absolute Gasteiger partial charge is 0.231 e. The van der Waals surface area contributed by atoms with E-state index >= 15 is 0 Å². The minimum atomic E-state index is -0.449. The molecule has 7 nitrogen and oxygen atoms in total. The van der Waals surface area contributed by atoms with Crippen molar-refractivity contribution in [2.75, 3.05) is 33.5 Å². The molecule has 162 valence electrons. The van der Waals surface area contributed by atoms with E-state index in [4.69, 9.17) is 24.0 Å². The van der Waals surface area contributed by atoms with Crippen LogP contribution in [0.25, 0.3) is 0 Å². The Labute approximate surface area is 182 Å². The molecule has 7 heteroatoms. The second kappa shape index (κ2) is 7.05. The van der Waals surface area contributed by atoms with Crippen molar-refractivity contribution in [1.82, 2.24) is 9.91 Å². The fraction of sp³-hybridized carbons (Fsp3) is 0.458. The summed E-state index contributed by atoms with van der Waals surface area (Å²) in [4.78, 5) is 2.35. The van der Waals surface area contributed by atoms with Gasteiger partial charge in [-0.05, 0) is 38.2 Å². The summed E-state index contributed by atoms with van der Waals surface area (Å²) in [5, 5.41) is 7.39. The molecule has 0 bridgehead atoms. The molecule has 2 aromatic carbocycles. The first-order valence-electron chi connectivity index (χ1n) is 11.1. The average Bonchev–Trinajstić information content (AvgIpc) is 3.44. The van der Waals surface area contributed by atoms with Gasteiger partial charge in [-0.3, -0.25) is 0 Å². The van der Waals surface area contributed by atoms with Gasteiger partial charge in [-0.1, -0.05) is 12.1 Å². The van der Waals surface area contributed by atoms with Crippen LogP contribution >= 0.6 is 0 Å². The quantitative estimate of drug-likeness (QED) is 0.752. The lowest BCUT2D eigenvalue weighted by Gasteiger charge is -2.51. The van der Waals surface area contributed by atoms with Gasteiger partial charge in [-0.15, -0.1) is 0 Å². The van der Waals surface area contributed by atoms with Crippen LogP contribution in [0.1, 0.15) is 43.4 Å². The lowest BCUT2D eigenvalue weighted by molar-refractivity contribution is -0.148. The molecule has 0 amide bonds. The second-order valence-electron chi connectivity index (χ2n) is 8.64. The summed E-state index contributed by atoms with van der Waals surface area (Å²) < 4.78 is 23.8. The first-order chi connectivity index (χ1) is 15.2. The Hall–Kier alpha value is -2.93. The Balaban J connectivity index is 1.43. The highest BCUT2D eigenvalue weighted by atomic mass is 16.7. The highest BCUT2D eigenvalue weighted by Crippen LogP contribution is 2.53. The van der Waals surface area contributed by atoms with Crippen molar-refractivity contribution in [2.24, 2.45) is 5.10 Å². The minimum absolute atomic E-state index is 0.132. The van der Waals surface area contributed by atoms with Gasteiger partial charge < -0.3 is 23.8 Å². The van der Waals surface area contributed by atoms with Gasteiger partial charge in [0, 0.05) is 43.5 Å². The maximum absolute atomic E-state index is 6.79.